The molecule has 0 spiro atoms. The number of rotatable bonds is 3. The molecule has 3 aromatic carbocycles. The lowest BCUT2D eigenvalue weighted by atomic mass is 10.1. The quantitative estimate of drug-likeness (QED) is 0.471. The van der Waals surface area contributed by atoms with Crippen LogP contribution < -0.4 is 10.9 Å². The highest BCUT2D eigenvalue weighted by Gasteiger charge is 2.19. The van der Waals surface area contributed by atoms with E-state index in [9.17, 15) is 9.59 Å². The van der Waals surface area contributed by atoms with Gasteiger partial charge in [-0.05, 0) is 36.8 Å². The van der Waals surface area contributed by atoms with Gasteiger partial charge in [-0.2, -0.15) is 9.78 Å². The summed E-state index contributed by atoms with van der Waals surface area (Å²) < 4.78 is 2.26. The number of nitrogens with zero attached hydrogens (tertiary/aromatic N) is 3. The predicted molar refractivity (Wildman–Crippen MR) is 120 cm³/mol. The molecule has 5 rings (SSSR count). The summed E-state index contributed by atoms with van der Waals surface area (Å²) in [4.78, 5) is 30.7. The normalized spacial score (nSPS) is 11.1. The van der Waals surface area contributed by atoms with Gasteiger partial charge in [0.1, 0.15) is 0 Å². The number of aryl methyl sites for hydroxylation is 1. The van der Waals surface area contributed by atoms with Crippen LogP contribution in [0.4, 0.5) is 5.13 Å². The summed E-state index contributed by atoms with van der Waals surface area (Å²) >= 11 is 1.40. The maximum Gasteiger partial charge on any atom is 0.279 e. The number of aromatic nitrogens is 3. The summed E-state index contributed by atoms with van der Waals surface area (Å²) in [5, 5.41) is 8.69. The third kappa shape index (κ3) is 3.05. The Kier molecular flexibility index (Phi) is 4.37. The van der Waals surface area contributed by atoms with E-state index < -0.39 is 5.91 Å². The largest absolute Gasteiger partial charge is 0.296 e. The molecule has 7 heteroatoms. The third-order valence-electron chi connectivity index (χ3n) is 4.86. The topological polar surface area (TPSA) is 76.9 Å². The lowest BCUT2D eigenvalue weighted by molar-refractivity contribution is 0.102. The van der Waals surface area contributed by atoms with Crippen LogP contribution in [0, 0.1) is 6.92 Å². The van der Waals surface area contributed by atoms with E-state index in [1.54, 1.807) is 36.4 Å². The van der Waals surface area contributed by atoms with E-state index in [1.165, 1.54) is 16.0 Å². The van der Waals surface area contributed by atoms with Gasteiger partial charge in [0, 0.05) is 5.39 Å². The molecule has 0 unspecified atom stereocenters. The Morgan fingerprint density at radius 1 is 0.933 bits per heavy atom. The zero-order chi connectivity index (χ0) is 20.7. The molecule has 0 aliphatic heterocycles. The van der Waals surface area contributed by atoms with Gasteiger partial charge in [-0.15, -0.1) is 0 Å². The molecule has 0 saturated carbocycles. The van der Waals surface area contributed by atoms with Crippen LogP contribution >= 0.6 is 11.3 Å². The van der Waals surface area contributed by atoms with E-state index in [2.05, 4.69) is 15.4 Å². The van der Waals surface area contributed by atoms with Gasteiger partial charge in [-0.1, -0.05) is 59.9 Å². The van der Waals surface area contributed by atoms with Gasteiger partial charge in [0.2, 0.25) is 0 Å². The van der Waals surface area contributed by atoms with Gasteiger partial charge < -0.3 is 0 Å². The number of hydrogen-bond donors (Lipinski definition) is 1. The highest BCUT2D eigenvalue weighted by atomic mass is 32.1. The second-order valence-electron chi connectivity index (χ2n) is 6.84. The summed E-state index contributed by atoms with van der Waals surface area (Å²) in [6.45, 7) is 1.98. The van der Waals surface area contributed by atoms with Crippen LogP contribution in [0.3, 0.4) is 0 Å². The molecular weight excluding hydrogens is 396 g/mol. The number of carbonyl (C=O) groups excluding carboxylic acids is 1. The third-order valence-corrected chi connectivity index (χ3v) is 5.80. The zero-order valence-corrected chi connectivity index (χ0v) is 16.8. The summed E-state index contributed by atoms with van der Waals surface area (Å²) in [5.41, 5.74) is 2.40. The first-order valence-corrected chi connectivity index (χ1v) is 10.2. The maximum atomic E-state index is 13.2. The van der Waals surface area contributed by atoms with Crippen molar-refractivity contribution in [1.29, 1.82) is 0 Å². The average molecular weight is 412 g/mol. The molecule has 5 aromatic rings. The van der Waals surface area contributed by atoms with Crippen molar-refractivity contribution in [3.8, 4) is 5.69 Å². The van der Waals surface area contributed by atoms with Crippen LogP contribution in [-0.2, 0) is 0 Å². The minimum absolute atomic E-state index is 0.171. The summed E-state index contributed by atoms with van der Waals surface area (Å²) in [6.07, 6.45) is 0. The van der Waals surface area contributed by atoms with Crippen LogP contribution in [0.1, 0.15) is 16.1 Å². The first-order valence-electron chi connectivity index (χ1n) is 9.37. The number of para-hydroxylation sites is 2. The van der Waals surface area contributed by atoms with Crippen molar-refractivity contribution in [1.82, 2.24) is 14.8 Å². The monoisotopic (exact) mass is 412 g/mol. The Hall–Kier alpha value is -3.84. The van der Waals surface area contributed by atoms with E-state index in [-0.39, 0.29) is 11.3 Å². The zero-order valence-electron chi connectivity index (χ0n) is 16.0. The fourth-order valence-corrected chi connectivity index (χ4v) is 4.34. The van der Waals surface area contributed by atoms with Crippen molar-refractivity contribution in [2.24, 2.45) is 0 Å². The van der Waals surface area contributed by atoms with Crippen molar-refractivity contribution in [2.75, 3.05) is 5.32 Å². The number of anilines is 1. The Morgan fingerprint density at radius 3 is 2.43 bits per heavy atom. The number of benzene rings is 3. The lowest BCUT2D eigenvalue weighted by Gasteiger charge is -2.10. The molecule has 2 heterocycles. The van der Waals surface area contributed by atoms with Gasteiger partial charge in [-0.25, -0.2) is 4.98 Å². The molecule has 6 nitrogen and oxygen atoms in total. The molecular formula is C23H16N4O2S. The number of thiazole rings is 1. The van der Waals surface area contributed by atoms with E-state index in [0.29, 0.717) is 21.6 Å². The molecule has 0 radical (unpaired) electrons. The summed E-state index contributed by atoms with van der Waals surface area (Å²) in [7, 11) is 0. The first-order chi connectivity index (χ1) is 14.6. The average Bonchev–Trinajstić information content (AvgIpc) is 3.18. The van der Waals surface area contributed by atoms with Crippen LogP contribution in [0.15, 0.2) is 77.6 Å². The van der Waals surface area contributed by atoms with Crippen LogP contribution in [0.5, 0.6) is 0 Å². The molecule has 0 aliphatic rings. The van der Waals surface area contributed by atoms with Crippen molar-refractivity contribution in [3.63, 3.8) is 0 Å². The van der Waals surface area contributed by atoms with Crippen molar-refractivity contribution in [2.45, 2.75) is 6.92 Å². The van der Waals surface area contributed by atoms with Crippen molar-refractivity contribution in [3.05, 3.63) is 94.4 Å². The van der Waals surface area contributed by atoms with Gasteiger partial charge in [0.15, 0.2) is 10.8 Å². The molecule has 1 N–H and O–H groups in total. The van der Waals surface area contributed by atoms with Crippen LogP contribution in [0.25, 0.3) is 26.7 Å². The van der Waals surface area contributed by atoms with E-state index in [4.69, 9.17) is 0 Å². The number of hydrogen-bond acceptors (Lipinski definition) is 5. The van der Waals surface area contributed by atoms with Gasteiger partial charge >= 0.3 is 0 Å². The smallest absolute Gasteiger partial charge is 0.279 e. The molecule has 0 atom stereocenters. The molecule has 30 heavy (non-hydrogen) atoms. The Morgan fingerprint density at radius 2 is 1.67 bits per heavy atom. The molecule has 0 bridgehead atoms. The highest BCUT2D eigenvalue weighted by Crippen LogP contribution is 2.28. The standard InChI is InChI=1S/C23H16N4O2S/c1-14-8-7-13-18-19(14)24-23(30-18)25-21(28)20-16-11-5-6-12-17(16)22(29)27(26-20)15-9-3-2-4-10-15/h2-13H,1H3,(H,24,25,28). The van der Waals surface area contributed by atoms with E-state index >= 15 is 0 Å². The summed E-state index contributed by atoms with van der Waals surface area (Å²) in [5.74, 6) is -0.410. The Labute approximate surface area is 175 Å². The van der Waals surface area contributed by atoms with Crippen LogP contribution in [-0.4, -0.2) is 20.7 Å². The van der Waals surface area contributed by atoms with Gasteiger partial charge in [-0.3, -0.25) is 14.9 Å². The van der Waals surface area contributed by atoms with Crippen molar-refractivity contribution >= 4 is 43.4 Å². The van der Waals surface area contributed by atoms with E-state index in [0.717, 1.165) is 15.8 Å². The van der Waals surface area contributed by atoms with E-state index in [1.807, 2.05) is 43.3 Å². The second-order valence-corrected chi connectivity index (χ2v) is 7.87. The molecule has 0 saturated heterocycles. The first kappa shape index (κ1) is 18.2. The van der Waals surface area contributed by atoms with Gasteiger partial charge in [0.05, 0.1) is 21.3 Å². The number of nitrogens with one attached hydrogen (secondary N) is 1. The molecule has 2 aromatic heterocycles. The predicted octanol–water partition coefficient (Wildman–Crippen LogP) is 4.56. The fraction of sp³-hybridized carbons (Fsp3) is 0.0435. The molecule has 1 amide bonds. The number of amides is 1. The molecule has 0 fully saturated rings. The minimum Gasteiger partial charge on any atom is -0.296 e. The molecule has 0 aliphatic carbocycles. The maximum absolute atomic E-state index is 13.2. The Bertz CT molecular complexity index is 1470. The SMILES string of the molecule is Cc1cccc2sc(NC(=O)c3nn(-c4ccccc4)c(=O)c4ccccc34)nc12. The second kappa shape index (κ2) is 7.20. The lowest BCUT2D eigenvalue weighted by Crippen LogP contribution is -2.26. The minimum atomic E-state index is -0.410. The Balaban J connectivity index is 1.63. The fourth-order valence-electron chi connectivity index (χ4n) is 3.40. The number of fused-ring (bicyclic) bond motifs is 2. The number of carbonyl (C=O) groups is 1. The van der Waals surface area contributed by atoms with Crippen LogP contribution in [0.2, 0.25) is 0 Å². The summed E-state index contributed by atoms with van der Waals surface area (Å²) in [6, 6.07) is 22.0. The van der Waals surface area contributed by atoms with Crippen molar-refractivity contribution < 1.29 is 4.79 Å². The van der Waals surface area contributed by atoms with Gasteiger partial charge in [0.25, 0.3) is 11.5 Å². The highest BCUT2D eigenvalue weighted by molar-refractivity contribution is 7.22. The molecule has 146 valence electrons.